The Bertz CT molecular complexity index is 1010. The summed E-state index contributed by atoms with van der Waals surface area (Å²) in [6, 6.07) is 14.6. The second-order valence-corrected chi connectivity index (χ2v) is 6.87. The molecule has 0 aliphatic carbocycles. The fourth-order valence-corrected chi connectivity index (χ4v) is 3.96. The SMILES string of the molecule is C/C=C(\c1ccccc1[NH2+]OC)c1c(-c2cccc(C)n2)[nH][n+]2c1CCC2.CO. The van der Waals surface area contributed by atoms with Crippen LogP contribution in [-0.4, -0.2) is 29.4 Å². The Balaban J connectivity index is 0.00000117. The van der Waals surface area contributed by atoms with E-state index in [4.69, 9.17) is 14.9 Å². The maximum absolute atomic E-state index is 7.00. The number of rotatable bonds is 5. The topological polar surface area (TPSA) is 78.6 Å². The number of hydrogen-bond donors (Lipinski definition) is 3. The van der Waals surface area contributed by atoms with E-state index in [0.29, 0.717) is 0 Å². The van der Waals surface area contributed by atoms with Crippen LogP contribution in [0.25, 0.3) is 17.0 Å². The van der Waals surface area contributed by atoms with Crippen LogP contribution in [0.5, 0.6) is 0 Å². The van der Waals surface area contributed by atoms with E-state index in [0.717, 1.165) is 42.8 Å². The van der Waals surface area contributed by atoms with Gasteiger partial charge in [0.05, 0.1) is 18.4 Å². The molecule has 6 nitrogen and oxygen atoms in total. The van der Waals surface area contributed by atoms with E-state index >= 15 is 0 Å². The predicted octanol–water partition coefficient (Wildman–Crippen LogP) is 2.44. The van der Waals surface area contributed by atoms with Crippen LogP contribution in [0.2, 0.25) is 0 Å². The van der Waals surface area contributed by atoms with Crippen molar-refractivity contribution in [2.75, 3.05) is 14.2 Å². The van der Waals surface area contributed by atoms with Crippen LogP contribution >= 0.6 is 0 Å². The zero-order chi connectivity index (χ0) is 20.8. The number of fused-ring (bicyclic) bond motifs is 1. The van der Waals surface area contributed by atoms with Crippen molar-refractivity contribution >= 4 is 11.3 Å². The van der Waals surface area contributed by atoms with Crippen LogP contribution in [-0.2, 0) is 17.8 Å². The minimum atomic E-state index is 0.986. The second-order valence-electron chi connectivity index (χ2n) is 6.87. The van der Waals surface area contributed by atoms with E-state index in [1.165, 1.54) is 28.8 Å². The summed E-state index contributed by atoms with van der Waals surface area (Å²) >= 11 is 0. The summed E-state index contributed by atoms with van der Waals surface area (Å²) in [6.45, 7) is 5.16. The highest BCUT2D eigenvalue weighted by atomic mass is 16.6. The molecule has 0 amide bonds. The zero-order valence-corrected chi connectivity index (χ0v) is 17.6. The lowest BCUT2D eigenvalue weighted by Gasteiger charge is -2.10. The van der Waals surface area contributed by atoms with E-state index in [9.17, 15) is 0 Å². The maximum atomic E-state index is 7.00. The first-order chi connectivity index (χ1) is 14.2. The standard InChI is InChI=1S/C22H24N4O.CH4O/c1-4-16(17-10-5-6-11-18(17)25-27-3)21-20-13-8-14-26(20)24-22(21)19-12-7-9-15(2)23-19;1-2/h4-7,9-12,25H,8,13-14H2,1-3H3;2H,1H3/p+2/b16-4+;. The molecular formula is C23H30N4O2+2. The molecule has 3 heterocycles. The Morgan fingerprint density at radius 2 is 2.00 bits per heavy atom. The fraction of sp³-hybridized carbons (Fsp3) is 0.304. The number of quaternary nitrogens is 1. The summed E-state index contributed by atoms with van der Waals surface area (Å²) in [5, 5.41) is 10.6. The molecule has 0 spiro atoms. The minimum absolute atomic E-state index is 0.986. The first kappa shape index (κ1) is 20.9. The highest BCUT2D eigenvalue weighted by Crippen LogP contribution is 2.36. The van der Waals surface area contributed by atoms with Gasteiger partial charge in [0.1, 0.15) is 5.69 Å². The third-order valence-electron chi connectivity index (χ3n) is 5.10. The van der Waals surface area contributed by atoms with Crippen LogP contribution in [0.3, 0.4) is 0 Å². The number of nitrogens with zero attached hydrogens (tertiary/aromatic N) is 2. The number of aryl methyl sites for hydroxylation is 2. The summed E-state index contributed by atoms with van der Waals surface area (Å²) in [7, 11) is 2.69. The lowest BCUT2D eigenvalue weighted by atomic mass is 9.92. The fourth-order valence-electron chi connectivity index (χ4n) is 3.96. The molecule has 4 rings (SSSR count). The molecule has 1 aliphatic heterocycles. The first-order valence-corrected chi connectivity index (χ1v) is 9.88. The largest absolute Gasteiger partial charge is 0.400 e. The Morgan fingerprint density at radius 3 is 2.72 bits per heavy atom. The summed E-state index contributed by atoms with van der Waals surface area (Å²) in [5.74, 6) is 0. The van der Waals surface area contributed by atoms with E-state index in [-0.39, 0.29) is 0 Å². The monoisotopic (exact) mass is 394 g/mol. The minimum Gasteiger partial charge on any atom is -0.400 e. The van der Waals surface area contributed by atoms with Gasteiger partial charge in [-0.2, -0.15) is 10.6 Å². The van der Waals surface area contributed by atoms with Gasteiger partial charge in [0.2, 0.25) is 5.69 Å². The van der Waals surface area contributed by atoms with E-state index in [2.05, 4.69) is 53.1 Å². The molecule has 0 bridgehead atoms. The molecule has 2 aromatic heterocycles. The van der Waals surface area contributed by atoms with Crippen molar-refractivity contribution in [3.63, 3.8) is 0 Å². The Morgan fingerprint density at radius 1 is 1.21 bits per heavy atom. The van der Waals surface area contributed by atoms with E-state index < -0.39 is 0 Å². The number of hydrogen-bond acceptors (Lipinski definition) is 3. The molecule has 0 unspecified atom stereocenters. The number of allylic oxidation sites excluding steroid dienone is 1. The third-order valence-corrected chi connectivity index (χ3v) is 5.10. The highest BCUT2D eigenvalue weighted by Gasteiger charge is 2.33. The van der Waals surface area contributed by atoms with Gasteiger partial charge >= 0.3 is 0 Å². The maximum Gasteiger partial charge on any atom is 0.216 e. The number of nitrogens with one attached hydrogen (secondary N) is 1. The number of aromatic nitrogens is 3. The molecule has 0 fully saturated rings. The molecule has 0 saturated carbocycles. The molecular weight excluding hydrogens is 364 g/mol. The van der Waals surface area contributed by atoms with Gasteiger partial charge in [-0.05, 0) is 37.6 Å². The van der Waals surface area contributed by atoms with Gasteiger partial charge in [-0.15, -0.1) is 4.68 Å². The zero-order valence-electron chi connectivity index (χ0n) is 17.6. The second kappa shape index (κ2) is 9.60. The van der Waals surface area contributed by atoms with Gasteiger partial charge in [0.25, 0.3) is 0 Å². The molecule has 0 saturated heterocycles. The van der Waals surface area contributed by atoms with Crippen LogP contribution in [0.1, 0.15) is 35.9 Å². The number of pyridine rings is 1. The van der Waals surface area contributed by atoms with Crippen LogP contribution in [0.4, 0.5) is 5.69 Å². The van der Waals surface area contributed by atoms with E-state index in [1.54, 1.807) is 7.11 Å². The molecule has 1 aliphatic rings. The normalized spacial score (nSPS) is 13.1. The molecule has 0 atom stereocenters. The van der Waals surface area contributed by atoms with Gasteiger partial charge in [-0.3, -0.25) is 4.98 Å². The lowest BCUT2D eigenvalue weighted by molar-refractivity contribution is -0.830. The molecule has 6 heteroatoms. The average molecular weight is 395 g/mol. The van der Waals surface area contributed by atoms with Crippen molar-refractivity contribution in [3.05, 3.63) is 71.1 Å². The summed E-state index contributed by atoms with van der Waals surface area (Å²) < 4.78 is 2.28. The molecule has 1 aromatic carbocycles. The van der Waals surface area contributed by atoms with Crippen LogP contribution in [0.15, 0.2) is 48.5 Å². The van der Waals surface area contributed by atoms with E-state index in [1.807, 2.05) is 24.5 Å². The summed E-state index contributed by atoms with van der Waals surface area (Å²) in [6.07, 6.45) is 4.44. The van der Waals surface area contributed by atoms with Crippen LogP contribution in [0, 0.1) is 6.92 Å². The van der Waals surface area contributed by atoms with Crippen molar-refractivity contribution in [3.8, 4) is 11.4 Å². The van der Waals surface area contributed by atoms with Gasteiger partial charge in [0.15, 0.2) is 12.2 Å². The van der Waals surface area contributed by atoms with Gasteiger partial charge in [-0.1, -0.05) is 24.3 Å². The summed E-state index contributed by atoms with van der Waals surface area (Å²) in [5.41, 5.74) is 11.0. The molecule has 4 N–H and O–H groups in total. The van der Waals surface area contributed by atoms with Crippen molar-refractivity contribution in [1.82, 2.24) is 10.1 Å². The van der Waals surface area contributed by atoms with Gasteiger partial charge in [-0.25, -0.2) is 4.84 Å². The number of aromatic amines is 1. The van der Waals surface area contributed by atoms with Gasteiger partial charge < -0.3 is 5.11 Å². The van der Waals surface area contributed by atoms with Crippen molar-refractivity contribution in [2.45, 2.75) is 33.2 Å². The predicted molar refractivity (Wildman–Crippen MR) is 113 cm³/mol. The first-order valence-electron chi connectivity index (χ1n) is 9.88. The Kier molecular flexibility index (Phi) is 6.93. The number of H-pyrrole nitrogens is 1. The van der Waals surface area contributed by atoms with Crippen molar-refractivity contribution in [2.24, 2.45) is 0 Å². The summed E-state index contributed by atoms with van der Waals surface area (Å²) in [4.78, 5) is 10.1. The molecule has 29 heavy (non-hydrogen) atoms. The Labute approximate surface area is 171 Å². The van der Waals surface area contributed by atoms with Crippen molar-refractivity contribution in [1.29, 1.82) is 0 Å². The molecule has 3 aromatic rings. The highest BCUT2D eigenvalue weighted by molar-refractivity contribution is 5.90. The third kappa shape index (κ3) is 4.15. The number of aliphatic hydroxyl groups is 1. The van der Waals surface area contributed by atoms with Gasteiger partial charge in [0, 0.05) is 37.3 Å². The lowest BCUT2D eigenvalue weighted by Crippen LogP contribution is -2.76. The number of aliphatic hydroxyl groups excluding tert-OH is 1. The smallest absolute Gasteiger partial charge is 0.216 e. The number of benzene rings is 1. The van der Waals surface area contributed by atoms with Crippen LogP contribution < -0.4 is 10.2 Å². The number of nitrogens with two attached hydrogens (primary N) is 1. The quantitative estimate of drug-likeness (QED) is 0.353. The Hall–Kier alpha value is -2.80. The van der Waals surface area contributed by atoms with Crippen molar-refractivity contribution < 1.29 is 20.1 Å². The average Bonchev–Trinajstić information content (AvgIpc) is 3.34. The molecule has 0 radical (unpaired) electrons. The molecule has 152 valence electrons.